The molecule has 0 saturated carbocycles. The van der Waals surface area contributed by atoms with Crippen LogP contribution in [0, 0.1) is 0 Å². The molecule has 0 radical (unpaired) electrons. The molecule has 0 saturated heterocycles. The van der Waals surface area contributed by atoms with Crippen LogP contribution in [0.5, 0.6) is 0 Å². The van der Waals surface area contributed by atoms with Crippen molar-refractivity contribution in [1.82, 2.24) is 0 Å². The van der Waals surface area contributed by atoms with Crippen LogP contribution in [0.4, 0.5) is 5.69 Å². The smallest absolute Gasteiger partial charge is 0.337 e. The lowest BCUT2D eigenvalue weighted by atomic mass is 10.2. The van der Waals surface area contributed by atoms with E-state index in [1.807, 2.05) is 0 Å². The van der Waals surface area contributed by atoms with Gasteiger partial charge in [0, 0.05) is 4.47 Å². The van der Waals surface area contributed by atoms with Crippen LogP contribution >= 0.6 is 15.9 Å². The largest absolute Gasteiger partial charge is 0.478 e. The van der Waals surface area contributed by atoms with E-state index in [0.29, 0.717) is 4.47 Å². The predicted molar refractivity (Wildman–Crippen MR) is 68.7 cm³/mol. The number of halogens is 1. The lowest BCUT2D eigenvalue weighted by Crippen LogP contribution is -2.17. The lowest BCUT2D eigenvalue weighted by Gasteiger charge is -2.11. The molecule has 0 aliphatic heterocycles. The summed E-state index contributed by atoms with van der Waals surface area (Å²) >= 11 is 3.10. The molecule has 5 nitrogen and oxygen atoms in total. The van der Waals surface area contributed by atoms with Crippen molar-refractivity contribution in [3.8, 4) is 0 Å². The number of rotatable bonds is 5. The number of carboxylic acid groups (broad SMARTS) is 1. The summed E-state index contributed by atoms with van der Waals surface area (Å²) in [5.74, 6) is -1.49. The van der Waals surface area contributed by atoms with E-state index in [1.165, 1.54) is 18.2 Å². The Morgan fingerprint density at radius 1 is 1.53 bits per heavy atom. The third kappa shape index (κ3) is 3.57. The van der Waals surface area contributed by atoms with Gasteiger partial charge in [-0.25, -0.2) is 13.2 Å². The Balaban J connectivity index is 3.22. The van der Waals surface area contributed by atoms with Crippen molar-refractivity contribution in [2.24, 2.45) is 0 Å². The van der Waals surface area contributed by atoms with Crippen LogP contribution in [-0.4, -0.2) is 25.2 Å². The Bertz CT molecular complexity index is 553. The molecule has 0 aliphatic rings. The Morgan fingerprint density at radius 2 is 2.18 bits per heavy atom. The molecule has 17 heavy (non-hydrogen) atoms. The maximum Gasteiger partial charge on any atom is 0.337 e. The Morgan fingerprint density at radius 3 is 2.71 bits per heavy atom. The number of carboxylic acids is 1. The molecular formula is C10H10BrNO4S. The first-order chi connectivity index (χ1) is 7.87. The van der Waals surface area contributed by atoms with E-state index in [2.05, 4.69) is 27.2 Å². The van der Waals surface area contributed by atoms with Gasteiger partial charge in [-0.1, -0.05) is 12.1 Å². The van der Waals surface area contributed by atoms with E-state index in [9.17, 15) is 13.2 Å². The predicted octanol–water partition coefficient (Wildman–Crippen LogP) is 2.08. The first kappa shape index (κ1) is 13.7. The lowest BCUT2D eigenvalue weighted by molar-refractivity contribution is 0.0698. The maximum atomic E-state index is 11.5. The molecule has 1 aromatic rings. The maximum absolute atomic E-state index is 11.5. The highest BCUT2D eigenvalue weighted by Crippen LogP contribution is 2.27. The number of benzene rings is 1. The summed E-state index contributed by atoms with van der Waals surface area (Å²) in [6.45, 7) is 3.32. The number of anilines is 1. The second kappa shape index (κ2) is 5.33. The van der Waals surface area contributed by atoms with Crippen LogP contribution in [0.1, 0.15) is 10.4 Å². The quantitative estimate of drug-likeness (QED) is 0.814. The molecule has 0 atom stereocenters. The van der Waals surface area contributed by atoms with Gasteiger partial charge in [-0.3, -0.25) is 4.72 Å². The van der Waals surface area contributed by atoms with Gasteiger partial charge >= 0.3 is 5.97 Å². The number of nitrogens with one attached hydrogen (secondary N) is 1. The van der Waals surface area contributed by atoms with Gasteiger partial charge in [-0.15, -0.1) is 6.58 Å². The van der Waals surface area contributed by atoms with Crippen molar-refractivity contribution in [2.45, 2.75) is 0 Å². The molecule has 0 fully saturated rings. The van der Waals surface area contributed by atoms with Gasteiger partial charge < -0.3 is 5.11 Å². The van der Waals surface area contributed by atoms with Gasteiger partial charge in [0.15, 0.2) is 0 Å². The zero-order chi connectivity index (χ0) is 13.1. The summed E-state index contributed by atoms with van der Waals surface area (Å²) in [5.41, 5.74) is -0.103. The average molecular weight is 320 g/mol. The number of hydrogen-bond acceptors (Lipinski definition) is 3. The minimum Gasteiger partial charge on any atom is -0.478 e. The van der Waals surface area contributed by atoms with Crippen LogP contribution in [0.25, 0.3) is 0 Å². The van der Waals surface area contributed by atoms with Crippen LogP contribution in [0.3, 0.4) is 0 Å². The van der Waals surface area contributed by atoms with Crippen molar-refractivity contribution >= 4 is 37.6 Å². The van der Waals surface area contributed by atoms with E-state index in [0.717, 1.165) is 0 Å². The zero-order valence-electron chi connectivity index (χ0n) is 8.68. The standard InChI is InChI=1S/C10H10BrNO4S/c1-2-6-17(15,16)12-9-7(10(13)14)4-3-5-8(9)11/h2-5,12H,1,6H2,(H,13,14). The molecule has 0 amide bonds. The van der Waals surface area contributed by atoms with Crippen molar-refractivity contribution < 1.29 is 18.3 Å². The number of hydrogen-bond donors (Lipinski definition) is 2. The molecule has 2 N–H and O–H groups in total. The Labute approximate surface area is 107 Å². The summed E-state index contributed by atoms with van der Waals surface area (Å²) in [7, 11) is -3.62. The first-order valence-corrected chi connectivity index (χ1v) is 6.95. The molecule has 1 rings (SSSR count). The molecule has 0 bridgehead atoms. The van der Waals surface area contributed by atoms with Gasteiger partial charge in [-0.05, 0) is 28.1 Å². The number of para-hydroxylation sites is 1. The van der Waals surface area contributed by atoms with Crippen LogP contribution in [0.15, 0.2) is 35.3 Å². The number of carbonyl (C=O) groups is 1. The monoisotopic (exact) mass is 319 g/mol. The molecule has 0 heterocycles. The second-order valence-corrected chi connectivity index (χ2v) is 5.76. The second-order valence-electron chi connectivity index (χ2n) is 3.14. The van der Waals surface area contributed by atoms with Crippen LogP contribution in [0.2, 0.25) is 0 Å². The van der Waals surface area contributed by atoms with Gasteiger partial charge in [0.25, 0.3) is 0 Å². The van der Waals surface area contributed by atoms with E-state index in [-0.39, 0.29) is 17.0 Å². The van der Waals surface area contributed by atoms with E-state index in [4.69, 9.17) is 5.11 Å². The number of aromatic carboxylic acids is 1. The highest BCUT2D eigenvalue weighted by molar-refractivity contribution is 9.10. The zero-order valence-corrected chi connectivity index (χ0v) is 11.1. The van der Waals surface area contributed by atoms with Crippen molar-refractivity contribution in [1.29, 1.82) is 0 Å². The minimum atomic E-state index is -3.62. The molecule has 0 spiro atoms. The summed E-state index contributed by atoms with van der Waals surface area (Å²) in [6, 6.07) is 4.38. The molecule has 7 heteroatoms. The Kier molecular flexibility index (Phi) is 4.30. The third-order valence-electron chi connectivity index (χ3n) is 1.84. The minimum absolute atomic E-state index is 0.0156. The Hall–Kier alpha value is -1.34. The summed E-state index contributed by atoms with van der Waals surface area (Å²) in [4.78, 5) is 10.9. The van der Waals surface area contributed by atoms with Gasteiger partial charge in [0.05, 0.1) is 17.0 Å². The first-order valence-electron chi connectivity index (χ1n) is 4.50. The normalized spacial score (nSPS) is 10.9. The van der Waals surface area contributed by atoms with Crippen molar-refractivity contribution in [3.05, 3.63) is 40.9 Å². The topological polar surface area (TPSA) is 83.5 Å². The van der Waals surface area contributed by atoms with Crippen LogP contribution in [-0.2, 0) is 10.0 Å². The number of sulfonamides is 1. The molecule has 92 valence electrons. The molecule has 0 aromatic heterocycles. The summed E-state index contributed by atoms with van der Waals surface area (Å²) in [6.07, 6.45) is 1.22. The van der Waals surface area contributed by atoms with Crippen molar-refractivity contribution in [3.63, 3.8) is 0 Å². The fourth-order valence-corrected chi connectivity index (χ4v) is 2.68. The van der Waals surface area contributed by atoms with Gasteiger partial charge in [0.1, 0.15) is 0 Å². The molecular weight excluding hydrogens is 310 g/mol. The SMILES string of the molecule is C=CCS(=O)(=O)Nc1c(Br)cccc1C(=O)O. The average Bonchev–Trinajstić information content (AvgIpc) is 2.20. The highest BCUT2D eigenvalue weighted by Gasteiger charge is 2.17. The fourth-order valence-electron chi connectivity index (χ4n) is 1.16. The molecule has 0 unspecified atom stereocenters. The van der Waals surface area contributed by atoms with Gasteiger partial charge in [-0.2, -0.15) is 0 Å². The van der Waals surface area contributed by atoms with Gasteiger partial charge in [0.2, 0.25) is 10.0 Å². The van der Waals surface area contributed by atoms with Crippen molar-refractivity contribution in [2.75, 3.05) is 10.5 Å². The summed E-state index contributed by atoms with van der Waals surface area (Å²) in [5, 5.41) is 8.94. The molecule has 1 aromatic carbocycles. The summed E-state index contributed by atoms with van der Waals surface area (Å²) < 4.78 is 25.6. The fraction of sp³-hybridized carbons (Fsp3) is 0.100. The van der Waals surface area contributed by atoms with Crippen LogP contribution < -0.4 is 4.72 Å². The molecule has 0 aliphatic carbocycles. The van der Waals surface area contributed by atoms with E-state index in [1.54, 1.807) is 6.07 Å². The van der Waals surface area contributed by atoms with E-state index < -0.39 is 16.0 Å². The third-order valence-corrected chi connectivity index (χ3v) is 3.69. The van der Waals surface area contributed by atoms with E-state index >= 15 is 0 Å². The highest BCUT2D eigenvalue weighted by atomic mass is 79.9.